The summed E-state index contributed by atoms with van der Waals surface area (Å²) in [7, 11) is 4.95. The Bertz CT molecular complexity index is 343. The van der Waals surface area contributed by atoms with Crippen LogP contribution in [0.1, 0.15) is 25.7 Å². The van der Waals surface area contributed by atoms with Crippen molar-refractivity contribution in [2.75, 3.05) is 27.7 Å². The molecule has 96 valence electrons. The molecule has 0 saturated carbocycles. The number of nitrogens with zero attached hydrogens (tertiary/aromatic N) is 2. The van der Waals surface area contributed by atoms with Gasteiger partial charge < -0.3 is 9.64 Å². The fourth-order valence-electron chi connectivity index (χ4n) is 3.22. The van der Waals surface area contributed by atoms with Crippen LogP contribution in [0.5, 0.6) is 0 Å². The minimum absolute atomic E-state index is 0.0951. The average molecular weight is 240 g/mol. The van der Waals surface area contributed by atoms with Gasteiger partial charge in [0, 0.05) is 20.6 Å². The smallest absolute Gasteiger partial charge is 0.326 e. The van der Waals surface area contributed by atoms with Crippen molar-refractivity contribution in [1.82, 2.24) is 9.80 Å². The predicted octanol–water partition coefficient (Wildman–Crippen LogP) is 0.245. The van der Waals surface area contributed by atoms with Crippen molar-refractivity contribution in [3.05, 3.63) is 0 Å². The Morgan fingerprint density at radius 2 is 2.06 bits per heavy atom. The molecule has 2 atom stereocenters. The van der Waals surface area contributed by atoms with Crippen molar-refractivity contribution < 1.29 is 14.3 Å². The summed E-state index contributed by atoms with van der Waals surface area (Å²) in [6.45, 7) is 0.819. The zero-order valence-corrected chi connectivity index (χ0v) is 10.7. The molecule has 2 fully saturated rings. The second-order valence-electron chi connectivity index (χ2n) is 5.11. The number of carbonyl (C=O) groups excluding carboxylic acids is 2. The molecule has 0 aromatic rings. The summed E-state index contributed by atoms with van der Waals surface area (Å²) in [5.74, 6) is -0.0817. The third-order valence-electron chi connectivity index (χ3n) is 4.04. The maximum atomic E-state index is 12.1. The molecule has 2 saturated heterocycles. The number of likely N-dealkylation sites (N-methyl/N-ethyl adjacent to an activating group) is 1. The number of carbonyl (C=O) groups is 2. The molecular formula is C12H20N2O3. The highest BCUT2D eigenvalue weighted by molar-refractivity contribution is 5.87. The molecule has 0 aromatic carbocycles. The minimum atomic E-state index is -0.523. The first-order valence-corrected chi connectivity index (χ1v) is 6.09. The van der Waals surface area contributed by atoms with E-state index in [4.69, 9.17) is 4.74 Å². The molecule has 0 unspecified atom stereocenters. The zero-order valence-electron chi connectivity index (χ0n) is 10.7. The molecule has 0 aromatic heterocycles. The van der Waals surface area contributed by atoms with Gasteiger partial charge in [-0.05, 0) is 25.7 Å². The van der Waals surface area contributed by atoms with Crippen LogP contribution < -0.4 is 0 Å². The minimum Gasteiger partial charge on any atom is -0.468 e. The molecule has 2 aliphatic heterocycles. The molecule has 1 amide bonds. The Morgan fingerprint density at radius 1 is 1.35 bits per heavy atom. The first-order valence-electron chi connectivity index (χ1n) is 6.09. The lowest BCUT2D eigenvalue weighted by molar-refractivity contribution is -0.153. The molecule has 5 heteroatoms. The van der Waals surface area contributed by atoms with E-state index in [-0.39, 0.29) is 17.9 Å². The van der Waals surface area contributed by atoms with Crippen LogP contribution >= 0.6 is 0 Å². The number of amides is 1. The Balaban J connectivity index is 2.22. The molecule has 0 radical (unpaired) electrons. The van der Waals surface area contributed by atoms with Crippen LogP contribution in [0.4, 0.5) is 0 Å². The molecule has 0 aliphatic carbocycles. The van der Waals surface area contributed by atoms with Crippen molar-refractivity contribution >= 4 is 11.9 Å². The quantitative estimate of drug-likeness (QED) is 0.649. The first-order chi connectivity index (χ1) is 8.03. The lowest BCUT2D eigenvalue weighted by Crippen LogP contribution is -2.52. The lowest BCUT2D eigenvalue weighted by Gasteiger charge is -2.32. The Labute approximate surface area is 102 Å². The SMILES string of the molecule is COC(=O)[C@]12CCCN1[C@@H](C(=O)N(C)C)CC2. The van der Waals surface area contributed by atoms with E-state index in [9.17, 15) is 9.59 Å². The van der Waals surface area contributed by atoms with Crippen molar-refractivity contribution in [3.8, 4) is 0 Å². The lowest BCUT2D eigenvalue weighted by atomic mass is 9.94. The fraction of sp³-hybridized carbons (Fsp3) is 0.833. The van der Waals surface area contributed by atoms with Gasteiger partial charge in [-0.15, -0.1) is 0 Å². The number of fused-ring (bicyclic) bond motifs is 1. The molecule has 0 spiro atoms. The van der Waals surface area contributed by atoms with Crippen LogP contribution in [0.25, 0.3) is 0 Å². The topological polar surface area (TPSA) is 49.9 Å². The van der Waals surface area contributed by atoms with Crippen LogP contribution in [-0.4, -0.2) is 61.0 Å². The van der Waals surface area contributed by atoms with Gasteiger partial charge in [0.15, 0.2) is 0 Å². The standard InChI is InChI=1S/C12H20N2O3/c1-13(2)10(15)9-5-7-12(11(16)17-3)6-4-8-14(9)12/h9H,4-8H2,1-3H3/t9-,12-/m1/s1. The van der Waals surface area contributed by atoms with Crippen LogP contribution in [-0.2, 0) is 14.3 Å². The van der Waals surface area contributed by atoms with Gasteiger partial charge in [0.05, 0.1) is 13.2 Å². The monoisotopic (exact) mass is 240 g/mol. The maximum absolute atomic E-state index is 12.1. The van der Waals surface area contributed by atoms with E-state index in [1.807, 2.05) is 0 Å². The third-order valence-corrected chi connectivity index (χ3v) is 4.04. The molecule has 2 aliphatic rings. The second-order valence-corrected chi connectivity index (χ2v) is 5.11. The van der Waals surface area contributed by atoms with Crippen molar-refractivity contribution in [1.29, 1.82) is 0 Å². The number of hydrogen-bond donors (Lipinski definition) is 0. The highest BCUT2D eigenvalue weighted by Gasteiger charge is 2.56. The molecule has 0 N–H and O–H groups in total. The molecule has 17 heavy (non-hydrogen) atoms. The Kier molecular flexibility index (Phi) is 3.12. The molecule has 0 bridgehead atoms. The van der Waals surface area contributed by atoms with E-state index in [1.54, 1.807) is 19.0 Å². The van der Waals surface area contributed by atoms with Gasteiger partial charge in [-0.25, -0.2) is 0 Å². The summed E-state index contributed by atoms with van der Waals surface area (Å²) in [6, 6.07) is -0.147. The van der Waals surface area contributed by atoms with Gasteiger partial charge in [0.1, 0.15) is 5.54 Å². The summed E-state index contributed by atoms with van der Waals surface area (Å²) < 4.78 is 4.92. The molecule has 2 rings (SSSR count). The summed E-state index contributed by atoms with van der Waals surface area (Å²) >= 11 is 0. The van der Waals surface area contributed by atoms with E-state index >= 15 is 0 Å². The van der Waals surface area contributed by atoms with Gasteiger partial charge in [0.2, 0.25) is 5.91 Å². The highest BCUT2D eigenvalue weighted by atomic mass is 16.5. The molecule has 2 heterocycles. The van der Waals surface area contributed by atoms with Gasteiger partial charge in [0.25, 0.3) is 0 Å². The number of rotatable bonds is 2. The summed E-state index contributed by atoms with van der Waals surface area (Å²) in [4.78, 5) is 27.7. The average Bonchev–Trinajstić information content (AvgIpc) is 2.85. The van der Waals surface area contributed by atoms with E-state index in [1.165, 1.54) is 7.11 Å². The Hall–Kier alpha value is -1.10. The number of methoxy groups -OCH3 is 1. The fourth-order valence-corrected chi connectivity index (χ4v) is 3.22. The Morgan fingerprint density at radius 3 is 2.65 bits per heavy atom. The highest BCUT2D eigenvalue weighted by Crippen LogP contribution is 2.43. The van der Waals surface area contributed by atoms with Gasteiger partial charge in [-0.1, -0.05) is 0 Å². The zero-order chi connectivity index (χ0) is 12.6. The second kappa shape index (κ2) is 4.29. The van der Waals surface area contributed by atoms with Gasteiger partial charge >= 0.3 is 5.97 Å². The van der Waals surface area contributed by atoms with Crippen molar-refractivity contribution in [2.24, 2.45) is 0 Å². The maximum Gasteiger partial charge on any atom is 0.326 e. The molecule has 5 nitrogen and oxygen atoms in total. The van der Waals surface area contributed by atoms with Crippen LogP contribution in [0, 0.1) is 0 Å². The van der Waals surface area contributed by atoms with Gasteiger partial charge in [-0.2, -0.15) is 0 Å². The van der Waals surface area contributed by atoms with E-state index in [0.717, 1.165) is 32.2 Å². The van der Waals surface area contributed by atoms with Crippen molar-refractivity contribution in [2.45, 2.75) is 37.3 Å². The predicted molar refractivity (Wildman–Crippen MR) is 62.4 cm³/mol. The normalized spacial score (nSPS) is 32.3. The van der Waals surface area contributed by atoms with E-state index in [0.29, 0.717) is 0 Å². The third kappa shape index (κ3) is 1.73. The van der Waals surface area contributed by atoms with Crippen LogP contribution in [0.15, 0.2) is 0 Å². The van der Waals surface area contributed by atoms with E-state index in [2.05, 4.69) is 4.90 Å². The van der Waals surface area contributed by atoms with Crippen LogP contribution in [0.3, 0.4) is 0 Å². The summed E-state index contributed by atoms with van der Waals surface area (Å²) in [5, 5.41) is 0. The molecular weight excluding hydrogens is 220 g/mol. The number of ether oxygens (including phenoxy) is 1. The largest absolute Gasteiger partial charge is 0.468 e. The van der Waals surface area contributed by atoms with Gasteiger partial charge in [-0.3, -0.25) is 14.5 Å². The van der Waals surface area contributed by atoms with E-state index < -0.39 is 5.54 Å². The first kappa shape index (κ1) is 12.4. The number of hydrogen-bond acceptors (Lipinski definition) is 4. The van der Waals surface area contributed by atoms with Crippen molar-refractivity contribution in [3.63, 3.8) is 0 Å². The summed E-state index contributed by atoms with van der Waals surface area (Å²) in [5.41, 5.74) is -0.523. The summed E-state index contributed by atoms with van der Waals surface area (Å²) in [6.07, 6.45) is 3.28. The van der Waals surface area contributed by atoms with Crippen LogP contribution in [0.2, 0.25) is 0 Å². The number of esters is 1.